The van der Waals surface area contributed by atoms with Crippen molar-refractivity contribution in [3.63, 3.8) is 0 Å². The van der Waals surface area contributed by atoms with Crippen molar-refractivity contribution in [2.75, 3.05) is 16.4 Å². The number of alkyl halides is 1. The Morgan fingerprint density at radius 3 is 1.78 bits per heavy atom. The fraction of sp³-hybridized carbons (Fsp3) is 0.381. The number of nitrogen functional groups attached to an aromatic ring is 1. The molecule has 3 N–H and O–H groups in total. The largest absolute Gasteiger partial charge is 0.399 e. The highest BCUT2D eigenvalue weighted by molar-refractivity contribution is 9.11. The molecule has 0 saturated heterocycles. The van der Waals surface area contributed by atoms with Crippen LogP contribution in [-0.4, -0.2) is 11.2 Å². The maximum atomic E-state index is 11.7. The number of hydrogen-bond donors (Lipinski definition) is 2. The average molecular weight is 563 g/mol. The first-order valence-electron chi connectivity index (χ1n) is 8.80. The van der Waals surface area contributed by atoms with Crippen LogP contribution in [0.2, 0.25) is 0 Å². The molecule has 0 fully saturated rings. The molecule has 0 unspecified atom stereocenters. The summed E-state index contributed by atoms with van der Waals surface area (Å²) in [5.74, 6) is 0.0899. The number of rotatable bonds is 5. The quantitative estimate of drug-likeness (QED) is 0.230. The molecule has 0 bridgehead atoms. The zero-order valence-electron chi connectivity index (χ0n) is 16.3. The lowest BCUT2D eigenvalue weighted by Crippen LogP contribution is -2.11. The molecule has 1 amide bonds. The van der Waals surface area contributed by atoms with Gasteiger partial charge in [-0.2, -0.15) is 0 Å². The number of aryl methyl sites for hydroxylation is 4. The Labute approximate surface area is 187 Å². The molecule has 0 spiro atoms. The Morgan fingerprint density at radius 2 is 1.33 bits per heavy atom. The monoisotopic (exact) mass is 560 g/mol. The highest BCUT2D eigenvalue weighted by atomic mass is 79.9. The maximum absolute atomic E-state index is 11.7. The van der Waals surface area contributed by atoms with E-state index in [0.717, 1.165) is 49.6 Å². The highest BCUT2D eigenvalue weighted by Crippen LogP contribution is 2.25. The first-order valence-corrected chi connectivity index (χ1v) is 11.5. The van der Waals surface area contributed by atoms with E-state index in [4.69, 9.17) is 5.73 Å². The number of halogens is 3. The van der Waals surface area contributed by atoms with Crippen molar-refractivity contribution in [1.29, 1.82) is 0 Å². The van der Waals surface area contributed by atoms with Crippen LogP contribution in [0.25, 0.3) is 0 Å². The summed E-state index contributed by atoms with van der Waals surface area (Å²) in [5.41, 5.74) is 12.0. The number of amides is 1. The SMILES string of the molecule is Cc1cc(N)cc(C)c1Br.Cc1cc(NC(=O)CCCCBr)cc(C)c1Br. The minimum atomic E-state index is 0.0899. The van der Waals surface area contributed by atoms with Gasteiger partial charge in [0, 0.05) is 32.1 Å². The number of carbonyl (C=O) groups is 1. The molecular formula is C21H27Br3N2O. The number of anilines is 2. The first-order chi connectivity index (χ1) is 12.6. The summed E-state index contributed by atoms with van der Waals surface area (Å²) < 4.78 is 2.26. The second kappa shape index (κ2) is 11.9. The molecule has 3 nitrogen and oxygen atoms in total. The lowest BCUT2D eigenvalue weighted by atomic mass is 10.1. The molecule has 6 heteroatoms. The van der Waals surface area contributed by atoms with Gasteiger partial charge in [0.1, 0.15) is 0 Å². The van der Waals surface area contributed by atoms with Gasteiger partial charge in [0.15, 0.2) is 0 Å². The summed E-state index contributed by atoms with van der Waals surface area (Å²) in [7, 11) is 0. The van der Waals surface area contributed by atoms with Gasteiger partial charge in [0.25, 0.3) is 0 Å². The van der Waals surface area contributed by atoms with Crippen molar-refractivity contribution in [2.24, 2.45) is 0 Å². The van der Waals surface area contributed by atoms with Crippen LogP contribution in [0.4, 0.5) is 11.4 Å². The maximum Gasteiger partial charge on any atom is 0.224 e. The van der Waals surface area contributed by atoms with Gasteiger partial charge in [0.05, 0.1) is 0 Å². The molecule has 27 heavy (non-hydrogen) atoms. The summed E-state index contributed by atoms with van der Waals surface area (Å²) >= 11 is 10.3. The summed E-state index contributed by atoms with van der Waals surface area (Å²) in [5, 5.41) is 3.89. The van der Waals surface area contributed by atoms with E-state index in [1.807, 2.05) is 52.0 Å². The normalized spacial score (nSPS) is 10.2. The molecule has 2 aromatic carbocycles. The number of nitrogens with two attached hydrogens (primary N) is 1. The Hall–Kier alpha value is -0.850. The van der Waals surface area contributed by atoms with Gasteiger partial charge in [-0.1, -0.05) is 47.8 Å². The van der Waals surface area contributed by atoms with Gasteiger partial charge < -0.3 is 11.1 Å². The Kier molecular flexibility index (Phi) is 10.6. The van der Waals surface area contributed by atoms with Crippen molar-refractivity contribution in [1.82, 2.24) is 0 Å². The molecule has 0 aliphatic heterocycles. The predicted molar refractivity (Wildman–Crippen MR) is 128 cm³/mol. The van der Waals surface area contributed by atoms with Crippen LogP contribution < -0.4 is 11.1 Å². The molecule has 0 aliphatic carbocycles. The third-order valence-corrected chi connectivity index (χ3v) is 7.03. The third kappa shape index (κ3) is 8.36. The smallest absolute Gasteiger partial charge is 0.224 e. The lowest BCUT2D eigenvalue weighted by Gasteiger charge is -2.09. The lowest BCUT2D eigenvalue weighted by molar-refractivity contribution is -0.116. The van der Waals surface area contributed by atoms with E-state index in [9.17, 15) is 4.79 Å². The first kappa shape index (κ1) is 24.2. The fourth-order valence-corrected chi connectivity index (χ4v) is 3.46. The number of nitrogens with one attached hydrogen (secondary N) is 1. The van der Waals surface area contributed by atoms with Gasteiger partial charge in [-0.15, -0.1) is 0 Å². The minimum Gasteiger partial charge on any atom is -0.399 e. The summed E-state index contributed by atoms with van der Waals surface area (Å²) in [4.78, 5) is 11.7. The van der Waals surface area contributed by atoms with E-state index in [2.05, 4.69) is 53.1 Å². The van der Waals surface area contributed by atoms with Crippen LogP contribution >= 0.6 is 47.8 Å². The molecule has 0 heterocycles. The Morgan fingerprint density at radius 1 is 0.889 bits per heavy atom. The van der Waals surface area contributed by atoms with Gasteiger partial charge in [-0.3, -0.25) is 4.79 Å². The van der Waals surface area contributed by atoms with Crippen LogP contribution in [0.1, 0.15) is 41.5 Å². The summed E-state index contributed by atoms with van der Waals surface area (Å²) in [6.45, 7) is 8.12. The van der Waals surface area contributed by atoms with Gasteiger partial charge in [0.2, 0.25) is 5.91 Å². The van der Waals surface area contributed by atoms with Gasteiger partial charge in [-0.05, 0) is 87.1 Å². The molecule has 0 aromatic heterocycles. The van der Waals surface area contributed by atoms with E-state index in [1.54, 1.807) is 0 Å². The zero-order chi connectivity index (χ0) is 20.6. The summed E-state index contributed by atoms with van der Waals surface area (Å²) in [6.07, 6.45) is 2.54. The molecule has 0 saturated carbocycles. The van der Waals surface area contributed by atoms with Crippen molar-refractivity contribution in [3.05, 3.63) is 55.5 Å². The van der Waals surface area contributed by atoms with E-state index in [-0.39, 0.29) is 5.91 Å². The van der Waals surface area contributed by atoms with Crippen LogP contribution in [0, 0.1) is 27.7 Å². The number of hydrogen-bond acceptors (Lipinski definition) is 2. The van der Waals surface area contributed by atoms with Gasteiger partial charge in [-0.25, -0.2) is 0 Å². The van der Waals surface area contributed by atoms with Crippen molar-refractivity contribution in [2.45, 2.75) is 47.0 Å². The number of benzene rings is 2. The Bertz CT molecular complexity index is 745. The minimum absolute atomic E-state index is 0.0899. The van der Waals surface area contributed by atoms with E-state index in [0.29, 0.717) is 6.42 Å². The van der Waals surface area contributed by atoms with Crippen molar-refractivity contribution >= 4 is 65.1 Å². The molecular weight excluding hydrogens is 536 g/mol. The van der Waals surface area contributed by atoms with Crippen molar-refractivity contribution in [3.8, 4) is 0 Å². The molecule has 0 atom stereocenters. The van der Waals surface area contributed by atoms with Gasteiger partial charge >= 0.3 is 0 Å². The van der Waals surface area contributed by atoms with Crippen molar-refractivity contribution < 1.29 is 4.79 Å². The van der Waals surface area contributed by atoms with Crippen LogP contribution in [0.3, 0.4) is 0 Å². The third-order valence-electron chi connectivity index (χ3n) is 3.97. The highest BCUT2D eigenvalue weighted by Gasteiger charge is 2.05. The number of unbranched alkanes of at least 4 members (excludes halogenated alkanes) is 1. The average Bonchev–Trinajstić information content (AvgIpc) is 2.58. The second-order valence-electron chi connectivity index (χ2n) is 6.59. The second-order valence-corrected chi connectivity index (χ2v) is 8.97. The molecule has 148 valence electrons. The predicted octanol–water partition coefficient (Wildman–Crippen LogP) is 7.22. The van der Waals surface area contributed by atoms with E-state index in [1.165, 1.54) is 11.1 Å². The standard InChI is InChI=1S/C13H17Br2NO.C8H10BrN/c1-9-7-11(8-10(2)13(9)15)16-12(17)5-3-4-6-14;1-5-3-7(10)4-6(2)8(5)9/h7-8H,3-6H2,1-2H3,(H,16,17);3-4H,10H2,1-2H3. The van der Waals surface area contributed by atoms with Crippen LogP contribution in [0.5, 0.6) is 0 Å². The van der Waals surface area contributed by atoms with E-state index >= 15 is 0 Å². The van der Waals surface area contributed by atoms with Crippen LogP contribution in [0.15, 0.2) is 33.2 Å². The number of carbonyl (C=O) groups excluding carboxylic acids is 1. The topological polar surface area (TPSA) is 55.1 Å². The zero-order valence-corrected chi connectivity index (χ0v) is 21.0. The fourth-order valence-electron chi connectivity index (χ4n) is 2.60. The van der Waals surface area contributed by atoms with E-state index < -0.39 is 0 Å². The summed E-state index contributed by atoms with van der Waals surface area (Å²) in [6, 6.07) is 7.88. The molecule has 2 rings (SSSR count). The molecule has 2 aromatic rings. The molecule has 0 radical (unpaired) electrons. The Balaban J connectivity index is 0.000000309. The molecule has 0 aliphatic rings. The van der Waals surface area contributed by atoms with Crippen LogP contribution in [-0.2, 0) is 4.79 Å².